The lowest BCUT2D eigenvalue weighted by Gasteiger charge is -2.01. The molecule has 0 N–H and O–H groups in total. The smallest absolute Gasteiger partial charge is 0.0963 e. The van der Waals surface area contributed by atoms with Crippen molar-refractivity contribution in [1.29, 1.82) is 0 Å². The number of hydrogen-bond acceptors (Lipinski definition) is 8. The quantitative estimate of drug-likeness (QED) is 0.259. The molecule has 0 unspecified atom stereocenters. The molecule has 0 saturated carbocycles. The molecule has 4 rings (SSSR count). The average Bonchev–Trinajstić information content (AvgIpc) is 3.45. The Morgan fingerprint density at radius 3 is 1.60 bits per heavy atom. The van der Waals surface area contributed by atoms with E-state index in [0.717, 1.165) is 58.9 Å². The highest BCUT2D eigenvalue weighted by Gasteiger charge is 2.05. The molecule has 154 valence electrons. The number of hydrogen-bond donors (Lipinski definition) is 0. The van der Waals surface area contributed by atoms with Crippen LogP contribution < -0.4 is 0 Å². The fourth-order valence-electron chi connectivity index (χ4n) is 2.74. The summed E-state index contributed by atoms with van der Waals surface area (Å²) in [6.45, 7) is 1.69. The van der Waals surface area contributed by atoms with E-state index in [2.05, 4.69) is 30.6 Å². The average molecular weight is 439 g/mol. The zero-order valence-corrected chi connectivity index (χ0v) is 18.0. The first kappa shape index (κ1) is 20.5. The zero-order valence-electron chi connectivity index (χ0n) is 16.4. The van der Waals surface area contributed by atoms with Gasteiger partial charge >= 0.3 is 0 Å². The van der Waals surface area contributed by atoms with Crippen molar-refractivity contribution in [2.45, 2.75) is 47.5 Å². The first-order valence-corrected chi connectivity index (χ1v) is 11.7. The van der Waals surface area contributed by atoms with E-state index < -0.39 is 0 Å². The molecule has 0 radical (unpaired) electrons. The van der Waals surface area contributed by atoms with Gasteiger partial charge in [-0.05, 0) is 37.1 Å². The number of nitrogens with zero attached hydrogens (tertiary/aromatic N) is 8. The Morgan fingerprint density at radius 1 is 0.667 bits per heavy atom. The number of thioether (sulfide) groups is 2. The third-order valence-corrected chi connectivity index (χ3v) is 6.16. The van der Waals surface area contributed by atoms with Crippen LogP contribution in [0.15, 0.2) is 71.2 Å². The standard InChI is InChI=1S/C20H22N8S2/c1-3-9-21-19(7-1)29-15-17-13-27(25-23-17)11-5-6-12-28-14-18(24-26-28)16-30-20-8-2-4-10-22-20/h1-4,7-10,13-14H,5-6,11-12,15-16H2. The molecule has 0 bridgehead atoms. The molecular formula is C20H22N8S2. The molecule has 30 heavy (non-hydrogen) atoms. The summed E-state index contributed by atoms with van der Waals surface area (Å²) in [5.74, 6) is 1.55. The van der Waals surface area contributed by atoms with Crippen LogP contribution in [-0.4, -0.2) is 40.0 Å². The second-order valence-corrected chi connectivity index (χ2v) is 8.56. The lowest BCUT2D eigenvalue weighted by atomic mass is 10.3. The number of pyridine rings is 2. The highest BCUT2D eigenvalue weighted by atomic mass is 32.2. The van der Waals surface area contributed by atoms with E-state index in [9.17, 15) is 0 Å². The Labute approximate surface area is 183 Å². The molecule has 4 aromatic rings. The Kier molecular flexibility index (Phi) is 7.46. The van der Waals surface area contributed by atoms with Crippen LogP contribution in [0.25, 0.3) is 0 Å². The van der Waals surface area contributed by atoms with Crippen LogP contribution in [0.3, 0.4) is 0 Å². The molecule has 0 saturated heterocycles. The Hall–Kier alpha value is -2.72. The van der Waals surface area contributed by atoms with Crippen LogP contribution in [0, 0.1) is 0 Å². The summed E-state index contributed by atoms with van der Waals surface area (Å²) in [5, 5.41) is 18.9. The second-order valence-electron chi connectivity index (χ2n) is 6.57. The van der Waals surface area contributed by atoms with Crippen molar-refractivity contribution in [2.75, 3.05) is 0 Å². The van der Waals surface area contributed by atoms with E-state index in [-0.39, 0.29) is 0 Å². The summed E-state index contributed by atoms with van der Waals surface area (Å²) < 4.78 is 3.81. The lowest BCUT2D eigenvalue weighted by molar-refractivity contribution is 0.487. The molecule has 0 aromatic carbocycles. The van der Waals surface area contributed by atoms with Crippen molar-refractivity contribution in [2.24, 2.45) is 0 Å². The minimum atomic E-state index is 0.773. The molecule has 0 fully saturated rings. The van der Waals surface area contributed by atoms with Crippen molar-refractivity contribution in [3.05, 3.63) is 72.6 Å². The SMILES string of the molecule is c1ccc(SCc2cn(CCCCn3cc(CSc4ccccn4)nn3)nn2)nc1. The maximum atomic E-state index is 4.31. The summed E-state index contributed by atoms with van der Waals surface area (Å²) in [7, 11) is 0. The number of aromatic nitrogens is 8. The topological polar surface area (TPSA) is 87.2 Å². The Balaban J connectivity index is 1.14. The fourth-order valence-corrected chi connectivity index (χ4v) is 4.21. The molecule has 4 heterocycles. The molecule has 0 aliphatic rings. The van der Waals surface area contributed by atoms with Crippen LogP contribution in [0.2, 0.25) is 0 Å². The Bertz CT molecular complexity index is 936. The van der Waals surface area contributed by atoms with Crippen molar-refractivity contribution in [1.82, 2.24) is 40.0 Å². The van der Waals surface area contributed by atoms with Gasteiger partial charge in [0.1, 0.15) is 0 Å². The van der Waals surface area contributed by atoms with E-state index in [1.54, 1.807) is 35.9 Å². The summed E-state index contributed by atoms with van der Waals surface area (Å²) in [4.78, 5) is 8.62. The fraction of sp³-hybridized carbons (Fsp3) is 0.300. The first-order chi connectivity index (χ1) is 14.8. The Morgan fingerprint density at radius 2 is 1.17 bits per heavy atom. The van der Waals surface area contributed by atoms with Crippen molar-refractivity contribution >= 4 is 23.5 Å². The van der Waals surface area contributed by atoms with E-state index in [1.165, 1.54) is 0 Å². The van der Waals surface area contributed by atoms with Gasteiger partial charge in [0.05, 0.1) is 21.4 Å². The van der Waals surface area contributed by atoms with Gasteiger partial charge in [-0.25, -0.2) is 9.97 Å². The summed E-state index contributed by atoms with van der Waals surface area (Å²) in [6.07, 6.45) is 9.64. The summed E-state index contributed by atoms with van der Waals surface area (Å²) >= 11 is 3.33. The summed E-state index contributed by atoms with van der Waals surface area (Å²) in [5.41, 5.74) is 1.94. The van der Waals surface area contributed by atoms with Crippen LogP contribution in [-0.2, 0) is 24.6 Å². The van der Waals surface area contributed by atoms with Gasteiger partial charge < -0.3 is 0 Å². The largest absolute Gasteiger partial charge is 0.252 e. The zero-order chi connectivity index (χ0) is 20.4. The van der Waals surface area contributed by atoms with E-state index in [4.69, 9.17) is 0 Å². The van der Waals surface area contributed by atoms with Gasteiger partial charge in [0.15, 0.2) is 0 Å². The van der Waals surface area contributed by atoms with E-state index in [1.807, 2.05) is 58.2 Å². The predicted octanol–water partition coefficient (Wildman–Crippen LogP) is 3.72. The molecule has 0 aliphatic heterocycles. The predicted molar refractivity (Wildman–Crippen MR) is 117 cm³/mol. The molecule has 0 amide bonds. The molecule has 4 aromatic heterocycles. The van der Waals surface area contributed by atoms with Gasteiger partial charge in [0.25, 0.3) is 0 Å². The van der Waals surface area contributed by atoms with Crippen molar-refractivity contribution in [3.63, 3.8) is 0 Å². The lowest BCUT2D eigenvalue weighted by Crippen LogP contribution is -2.03. The van der Waals surface area contributed by atoms with Crippen LogP contribution >= 0.6 is 23.5 Å². The minimum absolute atomic E-state index is 0.773. The number of rotatable bonds is 11. The van der Waals surface area contributed by atoms with E-state index in [0.29, 0.717) is 0 Å². The van der Waals surface area contributed by atoms with Gasteiger partial charge in [-0.2, -0.15) is 0 Å². The van der Waals surface area contributed by atoms with Gasteiger partial charge in [0, 0.05) is 49.4 Å². The van der Waals surface area contributed by atoms with Crippen molar-refractivity contribution < 1.29 is 0 Å². The molecule has 8 nitrogen and oxygen atoms in total. The van der Waals surface area contributed by atoms with E-state index >= 15 is 0 Å². The maximum Gasteiger partial charge on any atom is 0.0963 e. The molecule has 0 atom stereocenters. The van der Waals surface area contributed by atoms with Gasteiger partial charge in [-0.3, -0.25) is 9.36 Å². The third-order valence-electron chi connectivity index (χ3n) is 4.21. The van der Waals surface area contributed by atoms with Gasteiger partial charge in [-0.1, -0.05) is 46.1 Å². The number of aryl methyl sites for hydroxylation is 2. The van der Waals surface area contributed by atoms with Crippen LogP contribution in [0.4, 0.5) is 0 Å². The molecular weight excluding hydrogens is 416 g/mol. The summed E-state index contributed by atoms with van der Waals surface area (Å²) in [6, 6.07) is 11.8. The molecule has 0 spiro atoms. The van der Waals surface area contributed by atoms with Crippen molar-refractivity contribution in [3.8, 4) is 0 Å². The normalized spacial score (nSPS) is 11.1. The monoisotopic (exact) mass is 438 g/mol. The highest BCUT2D eigenvalue weighted by Crippen LogP contribution is 2.19. The highest BCUT2D eigenvalue weighted by molar-refractivity contribution is 7.98. The molecule has 0 aliphatic carbocycles. The second kappa shape index (κ2) is 10.9. The van der Waals surface area contributed by atoms with Gasteiger partial charge in [0.2, 0.25) is 0 Å². The van der Waals surface area contributed by atoms with Gasteiger partial charge in [-0.15, -0.1) is 10.2 Å². The number of unbranched alkanes of at least 4 members (excludes halogenated alkanes) is 1. The first-order valence-electron chi connectivity index (χ1n) is 9.71. The van der Waals surface area contributed by atoms with Crippen LogP contribution in [0.5, 0.6) is 0 Å². The third kappa shape index (κ3) is 6.39. The van der Waals surface area contributed by atoms with Crippen LogP contribution in [0.1, 0.15) is 24.2 Å². The molecule has 10 heteroatoms. The minimum Gasteiger partial charge on any atom is -0.252 e. The maximum absolute atomic E-state index is 4.31.